The van der Waals surface area contributed by atoms with Crippen LogP contribution in [0.3, 0.4) is 0 Å². The quantitative estimate of drug-likeness (QED) is 0.780. The molecular formula is C14H11BrClFN2O. The molecule has 1 amide bonds. The average molecular weight is 358 g/mol. The van der Waals surface area contributed by atoms with Crippen molar-refractivity contribution >= 4 is 33.4 Å². The van der Waals surface area contributed by atoms with Crippen molar-refractivity contribution in [2.75, 3.05) is 7.05 Å². The van der Waals surface area contributed by atoms with Gasteiger partial charge in [0.15, 0.2) is 0 Å². The maximum atomic E-state index is 13.7. The predicted molar refractivity (Wildman–Crippen MR) is 79.1 cm³/mol. The van der Waals surface area contributed by atoms with E-state index in [1.54, 1.807) is 25.2 Å². The summed E-state index contributed by atoms with van der Waals surface area (Å²) in [4.78, 5) is 17.4. The minimum absolute atomic E-state index is 0.171. The lowest BCUT2D eigenvalue weighted by Crippen LogP contribution is -2.26. The molecule has 0 atom stereocenters. The van der Waals surface area contributed by atoms with Crippen molar-refractivity contribution in [2.45, 2.75) is 6.54 Å². The Morgan fingerprint density at radius 1 is 1.40 bits per heavy atom. The third kappa shape index (κ3) is 3.55. The van der Waals surface area contributed by atoms with Gasteiger partial charge in [0, 0.05) is 35.4 Å². The highest BCUT2D eigenvalue weighted by Crippen LogP contribution is 2.18. The first kappa shape index (κ1) is 14.9. The normalized spacial score (nSPS) is 10.4. The molecule has 0 bridgehead atoms. The first-order valence-corrected chi connectivity index (χ1v) is 6.95. The summed E-state index contributed by atoms with van der Waals surface area (Å²) in [5.74, 6) is -0.589. The molecule has 0 N–H and O–H groups in total. The molecule has 0 aliphatic carbocycles. The molecule has 0 fully saturated rings. The Bertz CT molecular complexity index is 651. The van der Waals surface area contributed by atoms with Crippen molar-refractivity contribution in [1.82, 2.24) is 9.88 Å². The van der Waals surface area contributed by atoms with E-state index >= 15 is 0 Å². The molecule has 1 heterocycles. The second kappa shape index (κ2) is 6.33. The third-order valence-corrected chi connectivity index (χ3v) is 3.44. The van der Waals surface area contributed by atoms with E-state index in [2.05, 4.69) is 20.9 Å². The Labute approximate surface area is 129 Å². The van der Waals surface area contributed by atoms with E-state index in [0.717, 1.165) is 4.47 Å². The summed E-state index contributed by atoms with van der Waals surface area (Å²) in [5.41, 5.74) is 0.860. The Morgan fingerprint density at radius 3 is 2.85 bits per heavy atom. The van der Waals surface area contributed by atoms with Gasteiger partial charge in [-0.2, -0.15) is 0 Å². The van der Waals surface area contributed by atoms with Gasteiger partial charge in [0.1, 0.15) is 11.0 Å². The summed E-state index contributed by atoms with van der Waals surface area (Å²) in [7, 11) is 1.61. The van der Waals surface area contributed by atoms with Crippen LogP contribution in [-0.4, -0.2) is 22.8 Å². The van der Waals surface area contributed by atoms with Gasteiger partial charge >= 0.3 is 0 Å². The van der Waals surface area contributed by atoms with Gasteiger partial charge in [-0.3, -0.25) is 4.79 Å². The highest BCUT2D eigenvalue weighted by Gasteiger charge is 2.14. The third-order valence-electron chi connectivity index (χ3n) is 2.74. The first-order valence-electron chi connectivity index (χ1n) is 5.78. The molecule has 20 heavy (non-hydrogen) atoms. The maximum absolute atomic E-state index is 13.7. The number of hydrogen-bond donors (Lipinski definition) is 0. The lowest BCUT2D eigenvalue weighted by molar-refractivity contribution is 0.0783. The van der Waals surface area contributed by atoms with E-state index in [0.29, 0.717) is 11.1 Å². The number of carbonyl (C=O) groups excluding carboxylic acids is 1. The van der Waals surface area contributed by atoms with E-state index in [4.69, 9.17) is 11.6 Å². The van der Waals surface area contributed by atoms with Crippen LogP contribution in [0.25, 0.3) is 0 Å². The predicted octanol–water partition coefficient (Wildman–Crippen LogP) is 3.91. The van der Waals surface area contributed by atoms with Crippen LogP contribution in [0.15, 0.2) is 41.0 Å². The number of rotatable bonds is 3. The molecule has 1 aromatic heterocycles. The Hall–Kier alpha value is -1.46. The smallest absolute Gasteiger partial charge is 0.254 e. The zero-order valence-electron chi connectivity index (χ0n) is 10.6. The monoisotopic (exact) mass is 356 g/mol. The number of halogens is 3. The van der Waals surface area contributed by atoms with Crippen molar-refractivity contribution in [2.24, 2.45) is 0 Å². The highest BCUT2D eigenvalue weighted by molar-refractivity contribution is 9.10. The van der Waals surface area contributed by atoms with Crippen molar-refractivity contribution in [1.29, 1.82) is 0 Å². The Morgan fingerprint density at radius 2 is 2.15 bits per heavy atom. The van der Waals surface area contributed by atoms with E-state index < -0.39 is 0 Å². The molecule has 2 aromatic rings. The van der Waals surface area contributed by atoms with E-state index in [1.165, 1.54) is 23.2 Å². The van der Waals surface area contributed by atoms with Gasteiger partial charge in [-0.15, -0.1) is 0 Å². The fraction of sp³-hybridized carbons (Fsp3) is 0.143. The van der Waals surface area contributed by atoms with Crippen LogP contribution in [0.2, 0.25) is 5.15 Å². The molecule has 0 radical (unpaired) electrons. The van der Waals surface area contributed by atoms with Gasteiger partial charge in [-0.05, 0) is 30.3 Å². The van der Waals surface area contributed by atoms with Gasteiger partial charge in [-0.1, -0.05) is 27.5 Å². The topological polar surface area (TPSA) is 33.2 Å². The van der Waals surface area contributed by atoms with Crippen LogP contribution in [-0.2, 0) is 6.54 Å². The summed E-state index contributed by atoms with van der Waals surface area (Å²) in [6.45, 7) is 0.171. The van der Waals surface area contributed by atoms with Crippen LogP contribution < -0.4 is 0 Å². The number of amides is 1. The fourth-order valence-corrected chi connectivity index (χ4v) is 2.33. The largest absolute Gasteiger partial charge is 0.337 e. The zero-order chi connectivity index (χ0) is 14.7. The summed E-state index contributed by atoms with van der Waals surface area (Å²) in [6, 6.07) is 7.68. The molecule has 0 aliphatic rings. The summed E-state index contributed by atoms with van der Waals surface area (Å²) in [6.07, 6.45) is 1.46. The van der Waals surface area contributed by atoms with Gasteiger partial charge in [0.2, 0.25) is 0 Å². The standard InChI is InChI=1S/C14H11BrClFN2O/c1-19(8-10-6-11(15)2-3-12(10)17)14(20)9-4-5-18-13(16)7-9/h2-7H,8H2,1H3. The van der Waals surface area contributed by atoms with E-state index in [-0.39, 0.29) is 23.4 Å². The lowest BCUT2D eigenvalue weighted by atomic mass is 10.2. The summed E-state index contributed by atoms with van der Waals surface area (Å²) in [5, 5.41) is 0.248. The van der Waals surface area contributed by atoms with Gasteiger partial charge < -0.3 is 4.90 Å². The minimum atomic E-state index is -0.347. The number of benzene rings is 1. The van der Waals surface area contributed by atoms with Crippen LogP contribution in [0, 0.1) is 5.82 Å². The second-order valence-corrected chi connectivity index (χ2v) is 5.57. The van der Waals surface area contributed by atoms with E-state index in [9.17, 15) is 9.18 Å². The molecule has 3 nitrogen and oxygen atoms in total. The minimum Gasteiger partial charge on any atom is -0.337 e. The number of hydrogen-bond acceptors (Lipinski definition) is 2. The number of nitrogens with zero attached hydrogens (tertiary/aromatic N) is 2. The number of pyridine rings is 1. The molecule has 104 valence electrons. The molecule has 0 unspecified atom stereocenters. The van der Waals surface area contributed by atoms with Crippen LogP contribution >= 0.6 is 27.5 Å². The zero-order valence-corrected chi connectivity index (χ0v) is 12.9. The van der Waals surface area contributed by atoms with Crippen molar-refractivity contribution in [3.8, 4) is 0 Å². The molecule has 1 aromatic carbocycles. The van der Waals surface area contributed by atoms with Crippen molar-refractivity contribution < 1.29 is 9.18 Å². The molecule has 0 saturated heterocycles. The van der Waals surface area contributed by atoms with Crippen LogP contribution in [0.4, 0.5) is 4.39 Å². The SMILES string of the molecule is CN(Cc1cc(Br)ccc1F)C(=O)c1ccnc(Cl)c1. The second-order valence-electron chi connectivity index (χ2n) is 4.26. The molecule has 2 rings (SSSR count). The van der Waals surface area contributed by atoms with Crippen molar-refractivity contribution in [3.63, 3.8) is 0 Å². The Kier molecular flexibility index (Phi) is 4.73. The van der Waals surface area contributed by atoms with Crippen LogP contribution in [0.1, 0.15) is 15.9 Å². The van der Waals surface area contributed by atoms with Gasteiger partial charge in [0.05, 0.1) is 0 Å². The summed E-state index contributed by atoms with van der Waals surface area (Å²) >= 11 is 9.03. The molecule has 6 heteroatoms. The summed E-state index contributed by atoms with van der Waals surface area (Å²) < 4.78 is 14.4. The van der Waals surface area contributed by atoms with E-state index in [1.807, 2.05) is 0 Å². The molecular weight excluding hydrogens is 347 g/mol. The first-order chi connectivity index (χ1) is 9.47. The lowest BCUT2D eigenvalue weighted by Gasteiger charge is -2.18. The fourth-order valence-electron chi connectivity index (χ4n) is 1.75. The highest BCUT2D eigenvalue weighted by atomic mass is 79.9. The molecule has 0 aliphatic heterocycles. The molecule has 0 saturated carbocycles. The Balaban J connectivity index is 2.17. The molecule has 0 spiro atoms. The maximum Gasteiger partial charge on any atom is 0.254 e. The van der Waals surface area contributed by atoms with Gasteiger partial charge in [0.25, 0.3) is 5.91 Å². The average Bonchev–Trinajstić information content (AvgIpc) is 2.42. The van der Waals surface area contributed by atoms with Crippen molar-refractivity contribution in [3.05, 3.63) is 63.1 Å². The number of carbonyl (C=O) groups is 1. The number of aromatic nitrogens is 1. The van der Waals surface area contributed by atoms with Gasteiger partial charge in [-0.25, -0.2) is 9.37 Å². The van der Waals surface area contributed by atoms with Crippen LogP contribution in [0.5, 0.6) is 0 Å².